The van der Waals surface area contributed by atoms with Crippen molar-refractivity contribution in [2.45, 2.75) is 26.3 Å². The fourth-order valence-electron chi connectivity index (χ4n) is 4.64. The molecule has 0 unspecified atom stereocenters. The number of rotatable bonds is 11. The minimum absolute atomic E-state index is 0.0855. The molecule has 3 aromatic carbocycles. The van der Waals surface area contributed by atoms with Gasteiger partial charge in [0.1, 0.15) is 0 Å². The molecule has 0 fully saturated rings. The van der Waals surface area contributed by atoms with Crippen LogP contribution in [-0.4, -0.2) is 57.8 Å². The number of nitrogens with zero attached hydrogens (tertiary/aromatic N) is 3. The van der Waals surface area contributed by atoms with E-state index in [0.29, 0.717) is 41.8 Å². The summed E-state index contributed by atoms with van der Waals surface area (Å²) in [5.41, 5.74) is 4.89. The van der Waals surface area contributed by atoms with Crippen LogP contribution in [0.15, 0.2) is 97.1 Å². The normalized spacial score (nSPS) is 10.7. The number of amides is 2. The second-order valence-corrected chi connectivity index (χ2v) is 9.69. The van der Waals surface area contributed by atoms with Crippen LogP contribution >= 0.6 is 0 Å². The van der Waals surface area contributed by atoms with Gasteiger partial charge in [-0.1, -0.05) is 72.8 Å². The summed E-state index contributed by atoms with van der Waals surface area (Å²) in [4.78, 5) is 46.6. The van der Waals surface area contributed by atoms with Crippen molar-refractivity contribution in [3.63, 3.8) is 0 Å². The lowest BCUT2D eigenvalue weighted by atomic mass is 9.94. The molecule has 7 heteroatoms. The zero-order chi connectivity index (χ0) is 28.5. The summed E-state index contributed by atoms with van der Waals surface area (Å²) in [6.07, 6.45) is 0.441. The number of carbonyl (C=O) groups excluding carboxylic acids is 2. The van der Waals surface area contributed by atoms with E-state index in [1.165, 1.54) is 0 Å². The van der Waals surface area contributed by atoms with Crippen molar-refractivity contribution < 1.29 is 19.5 Å². The van der Waals surface area contributed by atoms with Gasteiger partial charge in [-0.3, -0.25) is 19.4 Å². The molecule has 1 N–H and O–H groups in total. The van der Waals surface area contributed by atoms with Crippen LogP contribution in [0.2, 0.25) is 0 Å². The molecule has 0 spiro atoms. The van der Waals surface area contributed by atoms with Crippen LogP contribution in [0.3, 0.4) is 0 Å². The van der Waals surface area contributed by atoms with E-state index in [4.69, 9.17) is 0 Å². The standard InChI is InChI=1S/C33H33N3O4/c1-24-11-10-14-26(34-24)23-35(2)32(39)29-17-8-6-15-27(29)28-16-7-9-18-30(28)33(40)36(22-20-31(37)38)21-19-25-12-4-3-5-13-25/h3-18H,19-23H2,1-2H3,(H,37,38). The summed E-state index contributed by atoms with van der Waals surface area (Å²) >= 11 is 0. The van der Waals surface area contributed by atoms with Gasteiger partial charge >= 0.3 is 5.97 Å². The van der Waals surface area contributed by atoms with Gasteiger partial charge in [-0.05, 0) is 54.3 Å². The molecular weight excluding hydrogens is 502 g/mol. The van der Waals surface area contributed by atoms with Crippen LogP contribution in [0, 0.1) is 6.92 Å². The molecule has 40 heavy (non-hydrogen) atoms. The Labute approximate surface area is 234 Å². The van der Waals surface area contributed by atoms with Crippen molar-refractivity contribution in [1.82, 2.24) is 14.8 Å². The maximum atomic E-state index is 13.9. The van der Waals surface area contributed by atoms with E-state index in [9.17, 15) is 19.5 Å². The summed E-state index contributed by atoms with van der Waals surface area (Å²) in [5.74, 6) is -1.42. The lowest BCUT2D eigenvalue weighted by Gasteiger charge is -2.24. The van der Waals surface area contributed by atoms with E-state index in [1.54, 1.807) is 41.1 Å². The maximum absolute atomic E-state index is 13.9. The quantitative estimate of drug-likeness (QED) is 0.274. The molecule has 0 radical (unpaired) electrons. The highest BCUT2D eigenvalue weighted by molar-refractivity contribution is 6.06. The van der Waals surface area contributed by atoms with E-state index in [1.807, 2.05) is 79.7 Å². The van der Waals surface area contributed by atoms with Gasteiger partial charge in [0.2, 0.25) is 0 Å². The number of carboxylic acids is 1. The number of hydrogen-bond donors (Lipinski definition) is 1. The second kappa shape index (κ2) is 13.3. The lowest BCUT2D eigenvalue weighted by molar-refractivity contribution is -0.137. The molecule has 1 heterocycles. The van der Waals surface area contributed by atoms with Crippen LogP contribution in [0.4, 0.5) is 0 Å². The first-order valence-corrected chi connectivity index (χ1v) is 13.2. The van der Waals surface area contributed by atoms with E-state index < -0.39 is 5.97 Å². The van der Waals surface area contributed by atoms with Crippen molar-refractivity contribution in [2.75, 3.05) is 20.1 Å². The number of carbonyl (C=O) groups is 3. The van der Waals surface area contributed by atoms with Gasteiger partial charge in [-0.15, -0.1) is 0 Å². The van der Waals surface area contributed by atoms with E-state index in [0.717, 1.165) is 17.0 Å². The van der Waals surface area contributed by atoms with Gasteiger partial charge in [-0.25, -0.2) is 0 Å². The van der Waals surface area contributed by atoms with Gasteiger partial charge in [0.05, 0.1) is 18.7 Å². The number of hydrogen-bond acceptors (Lipinski definition) is 4. The molecule has 0 aliphatic carbocycles. The number of benzene rings is 3. The predicted molar refractivity (Wildman–Crippen MR) is 155 cm³/mol. The Morgan fingerprint density at radius 1 is 0.725 bits per heavy atom. The molecule has 0 saturated carbocycles. The Bertz CT molecular complexity index is 1490. The summed E-state index contributed by atoms with van der Waals surface area (Å²) in [5, 5.41) is 9.32. The molecule has 4 rings (SSSR count). The first-order chi connectivity index (χ1) is 19.3. The Morgan fingerprint density at radius 2 is 1.32 bits per heavy atom. The van der Waals surface area contributed by atoms with Crippen molar-refractivity contribution in [3.05, 3.63) is 125 Å². The highest BCUT2D eigenvalue weighted by Crippen LogP contribution is 2.29. The smallest absolute Gasteiger partial charge is 0.305 e. The molecule has 4 aromatic rings. The largest absolute Gasteiger partial charge is 0.481 e. The number of carboxylic acid groups (broad SMARTS) is 1. The van der Waals surface area contributed by atoms with Crippen LogP contribution in [0.25, 0.3) is 11.1 Å². The van der Waals surface area contributed by atoms with Gasteiger partial charge in [0.15, 0.2) is 0 Å². The average Bonchev–Trinajstić information content (AvgIpc) is 2.97. The molecule has 0 aliphatic rings. The topological polar surface area (TPSA) is 90.8 Å². The van der Waals surface area contributed by atoms with Gasteiger partial charge in [-0.2, -0.15) is 0 Å². The highest BCUT2D eigenvalue weighted by Gasteiger charge is 2.23. The van der Waals surface area contributed by atoms with E-state index >= 15 is 0 Å². The first kappa shape index (κ1) is 28.2. The fraction of sp³-hybridized carbons (Fsp3) is 0.212. The van der Waals surface area contributed by atoms with E-state index in [2.05, 4.69) is 4.98 Å². The zero-order valence-corrected chi connectivity index (χ0v) is 22.8. The molecule has 7 nitrogen and oxygen atoms in total. The predicted octanol–water partition coefficient (Wildman–Crippen LogP) is 5.49. The summed E-state index contributed by atoms with van der Waals surface area (Å²) in [7, 11) is 1.73. The summed E-state index contributed by atoms with van der Waals surface area (Å²) in [6, 6.07) is 29.9. The second-order valence-electron chi connectivity index (χ2n) is 9.69. The third-order valence-electron chi connectivity index (χ3n) is 6.69. The molecule has 0 bridgehead atoms. The lowest BCUT2D eigenvalue weighted by Crippen LogP contribution is -2.35. The van der Waals surface area contributed by atoms with E-state index in [-0.39, 0.29) is 24.8 Å². The first-order valence-electron chi connectivity index (χ1n) is 13.2. The molecule has 0 aliphatic heterocycles. The monoisotopic (exact) mass is 535 g/mol. The number of aliphatic carboxylic acids is 1. The molecule has 0 saturated heterocycles. The zero-order valence-electron chi connectivity index (χ0n) is 22.8. The number of pyridine rings is 1. The Balaban J connectivity index is 1.63. The minimum atomic E-state index is -0.965. The highest BCUT2D eigenvalue weighted by atomic mass is 16.4. The SMILES string of the molecule is Cc1cccc(CN(C)C(=O)c2ccccc2-c2ccccc2C(=O)N(CCC(=O)O)CCc2ccccc2)n1. The van der Waals surface area contributed by atoms with Crippen LogP contribution in [-0.2, 0) is 17.8 Å². The van der Waals surface area contributed by atoms with Crippen LogP contribution in [0.5, 0.6) is 0 Å². The van der Waals surface area contributed by atoms with Gasteiger partial charge in [0, 0.05) is 37.0 Å². The van der Waals surface area contributed by atoms with Gasteiger partial charge < -0.3 is 14.9 Å². The van der Waals surface area contributed by atoms with Crippen molar-refractivity contribution in [2.24, 2.45) is 0 Å². The minimum Gasteiger partial charge on any atom is -0.481 e. The van der Waals surface area contributed by atoms with Crippen LogP contribution in [0.1, 0.15) is 44.1 Å². The van der Waals surface area contributed by atoms with Crippen molar-refractivity contribution in [3.8, 4) is 11.1 Å². The molecular formula is C33H33N3O4. The molecule has 0 atom stereocenters. The molecule has 1 aromatic heterocycles. The number of aromatic nitrogens is 1. The maximum Gasteiger partial charge on any atom is 0.305 e. The Kier molecular flexibility index (Phi) is 9.41. The Hall–Kier alpha value is -4.78. The third-order valence-corrected chi connectivity index (χ3v) is 6.69. The fourth-order valence-corrected chi connectivity index (χ4v) is 4.64. The van der Waals surface area contributed by atoms with Crippen molar-refractivity contribution >= 4 is 17.8 Å². The number of aryl methyl sites for hydroxylation is 1. The molecule has 204 valence electrons. The average molecular weight is 536 g/mol. The van der Waals surface area contributed by atoms with Gasteiger partial charge in [0.25, 0.3) is 11.8 Å². The molecule has 2 amide bonds. The summed E-state index contributed by atoms with van der Waals surface area (Å²) in [6.45, 7) is 2.71. The van der Waals surface area contributed by atoms with Crippen molar-refractivity contribution in [1.29, 1.82) is 0 Å². The van der Waals surface area contributed by atoms with Crippen LogP contribution < -0.4 is 0 Å². The summed E-state index contributed by atoms with van der Waals surface area (Å²) < 4.78 is 0. The third kappa shape index (κ3) is 7.20. The Morgan fingerprint density at radius 3 is 1.95 bits per heavy atom.